The second-order valence-electron chi connectivity index (χ2n) is 6.77. The van der Waals surface area contributed by atoms with Crippen LogP contribution in [0.1, 0.15) is 61.9 Å². The Balaban J connectivity index is 1.90. The van der Waals surface area contributed by atoms with Gasteiger partial charge >= 0.3 is 5.97 Å². The Bertz CT molecular complexity index is 504. The highest BCUT2D eigenvalue weighted by Gasteiger charge is 2.25. The number of benzene rings is 1. The van der Waals surface area contributed by atoms with Crippen LogP contribution in [-0.4, -0.2) is 24.4 Å². The molecule has 1 aliphatic rings. The van der Waals surface area contributed by atoms with Crippen LogP contribution in [0.2, 0.25) is 0 Å². The minimum atomic E-state index is -0.277. The fraction of sp³-hybridized carbons (Fsp3) is 0.579. The molecule has 1 aromatic carbocycles. The number of hydrogen-bond acceptors (Lipinski definition) is 4. The van der Waals surface area contributed by atoms with Crippen LogP contribution >= 0.6 is 0 Å². The zero-order valence-corrected chi connectivity index (χ0v) is 14.1. The fourth-order valence-corrected chi connectivity index (χ4v) is 2.94. The molecule has 1 fully saturated rings. The Morgan fingerprint density at radius 3 is 2.48 bits per heavy atom. The van der Waals surface area contributed by atoms with E-state index in [4.69, 9.17) is 4.74 Å². The summed E-state index contributed by atoms with van der Waals surface area (Å²) in [6, 6.07) is 7.12. The van der Waals surface area contributed by atoms with Gasteiger partial charge < -0.3 is 10.1 Å². The summed E-state index contributed by atoms with van der Waals surface area (Å²) < 4.78 is 5.65. The van der Waals surface area contributed by atoms with E-state index < -0.39 is 0 Å². The van der Waals surface area contributed by atoms with Gasteiger partial charge in [-0.15, -0.1) is 0 Å². The maximum atomic E-state index is 12.4. The summed E-state index contributed by atoms with van der Waals surface area (Å²) in [4.78, 5) is 23.1. The van der Waals surface area contributed by atoms with Gasteiger partial charge in [0.15, 0.2) is 0 Å². The van der Waals surface area contributed by atoms with E-state index >= 15 is 0 Å². The van der Waals surface area contributed by atoms with Crippen LogP contribution in [0.15, 0.2) is 24.3 Å². The van der Waals surface area contributed by atoms with E-state index in [1.54, 1.807) is 12.1 Å². The molecule has 1 aliphatic carbocycles. The van der Waals surface area contributed by atoms with Crippen molar-refractivity contribution in [1.82, 2.24) is 5.32 Å². The number of ether oxygens (including phenoxy) is 1. The van der Waals surface area contributed by atoms with Crippen molar-refractivity contribution in [1.29, 1.82) is 0 Å². The van der Waals surface area contributed by atoms with Gasteiger partial charge in [-0.25, -0.2) is 0 Å². The van der Waals surface area contributed by atoms with Crippen molar-refractivity contribution in [2.24, 2.45) is 5.92 Å². The summed E-state index contributed by atoms with van der Waals surface area (Å²) in [6.45, 7) is 4.81. The molecule has 23 heavy (non-hydrogen) atoms. The van der Waals surface area contributed by atoms with Crippen LogP contribution in [-0.2, 0) is 16.1 Å². The third-order valence-corrected chi connectivity index (χ3v) is 4.25. The van der Waals surface area contributed by atoms with Crippen molar-refractivity contribution in [3.8, 4) is 0 Å². The number of aldehydes is 1. The Kier molecular flexibility index (Phi) is 6.78. The van der Waals surface area contributed by atoms with Crippen molar-refractivity contribution >= 4 is 12.3 Å². The molecule has 0 saturated heterocycles. The molecule has 0 spiro atoms. The maximum absolute atomic E-state index is 12.4. The topological polar surface area (TPSA) is 55.4 Å². The van der Waals surface area contributed by atoms with Gasteiger partial charge in [0, 0.05) is 12.1 Å². The lowest BCUT2D eigenvalue weighted by atomic mass is 10.0. The number of carbonyl (C=O) groups excluding carboxylic acids is 2. The first-order valence-electron chi connectivity index (χ1n) is 8.56. The lowest BCUT2D eigenvalue weighted by molar-refractivity contribution is -0.151. The predicted molar refractivity (Wildman–Crippen MR) is 90.3 cm³/mol. The molecule has 2 rings (SSSR count). The molecular weight excluding hydrogens is 290 g/mol. The van der Waals surface area contributed by atoms with Crippen molar-refractivity contribution in [3.63, 3.8) is 0 Å². The third-order valence-electron chi connectivity index (χ3n) is 4.25. The summed E-state index contributed by atoms with van der Waals surface area (Å²) >= 11 is 0. The normalized spacial score (nSPS) is 16.5. The molecular formula is C19H27NO3. The zero-order chi connectivity index (χ0) is 16.7. The van der Waals surface area contributed by atoms with Crippen LogP contribution in [0, 0.1) is 5.92 Å². The molecule has 0 unspecified atom stereocenters. The molecule has 4 heteroatoms. The van der Waals surface area contributed by atoms with Gasteiger partial charge in [0.05, 0.1) is 0 Å². The Hall–Kier alpha value is -1.68. The summed E-state index contributed by atoms with van der Waals surface area (Å²) in [7, 11) is 0. The van der Waals surface area contributed by atoms with E-state index in [-0.39, 0.29) is 18.1 Å². The summed E-state index contributed by atoms with van der Waals surface area (Å²) in [5.74, 6) is 0.288. The van der Waals surface area contributed by atoms with Gasteiger partial charge in [-0.1, -0.05) is 38.1 Å². The van der Waals surface area contributed by atoms with E-state index in [0.717, 1.165) is 44.0 Å². The summed E-state index contributed by atoms with van der Waals surface area (Å²) in [5.41, 5.74) is 1.71. The highest BCUT2D eigenvalue weighted by atomic mass is 16.5. The number of carbonyl (C=O) groups is 2. The second kappa shape index (κ2) is 8.82. The maximum Gasteiger partial charge on any atom is 0.323 e. The van der Waals surface area contributed by atoms with E-state index in [2.05, 4.69) is 19.2 Å². The number of hydrogen-bond donors (Lipinski definition) is 1. The standard InChI is InChI=1S/C19H27NO3/c1-14(2)11-18(19(22)23-17-5-3-4-6-17)20-12-15-7-9-16(13-21)10-8-15/h7-10,13-14,17-18,20H,3-6,11-12H2,1-2H3/t18-/m1/s1. The van der Waals surface area contributed by atoms with E-state index in [0.29, 0.717) is 18.0 Å². The van der Waals surface area contributed by atoms with Crippen LogP contribution < -0.4 is 5.32 Å². The first-order valence-corrected chi connectivity index (χ1v) is 8.56. The van der Waals surface area contributed by atoms with Crippen LogP contribution in [0.3, 0.4) is 0 Å². The molecule has 0 bridgehead atoms. The van der Waals surface area contributed by atoms with Gasteiger partial charge in [-0.05, 0) is 43.6 Å². The lowest BCUT2D eigenvalue weighted by Crippen LogP contribution is -2.40. The molecule has 0 heterocycles. The lowest BCUT2D eigenvalue weighted by Gasteiger charge is -2.21. The minimum absolute atomic E-state index is 0.103. The summed E-state index contributed by atoms with van der Waals surface area (Å²) in [6.07, 6.45) is 5.99. The highest BCUT2D eigenvalue weighted by Crippen LogP contribution is 2.22. The Labute approximate surface area is 138 Å². The van der Waals surface area contributed by atoms with Crippen molar-refractivity contribution in [2.45, 2.75) is 64.6 Å². The minimum Gasteiger partial charge on any atom is -0.461 e. The zero-order valence-electron chi connectivity index (χ0n) is 14.1. The van der Waals surface area contributed by atoms with Crippen LogP contribution in [0.4, 0.5) is 0 Å². The van der Waals surface area contributed by atoms with Gasteiger partial charge in [-0.3, -0.25) is 9.59 Å². The third kappa shape index (κ3) is 5.79. The number of nitrogens with one attached hydrogen (secondary N) is 1. The fourth-order valence-electron chi connectivity index (χ4n) is 2.94. The number of rotatable bonds is 8. The van der Waals surface area contributed by atoms with Crippen LogP contribution in [0.25, 0.3) is 0 Å². The smallest absolute Gasteiger partial charge is 0.323 e. The quantitative estimate of drug-likeness (QED) is 0.589. The van der Waals surface area contributed by atoms with Gasteiger partial charge in [0.2, 0.25) is 0 Å². The van der Waals surface area contributed by atoms with Crippen LogP contribution in [0.5, 0.6) is 0 Å². The Morgan fingerprint density at radius 1 is 1.26 bits per heavy atom. The second-order valence-corrected chi connectivity index (χ2v) is 6.77. The largest absolute Gasteiger partial charge is 0.461 e. The molecule has 0 aromatic heterocycles. The van der Waals surface area contributed by atoms with Crippen molar-refractivity contribution in [2.75, 3.05) is 0 Å². The summed E-state index contributed by atoms with van der Waals surface area (Å²) in [5, 5.41) is 3.32. The molecule has 0 radical (unpaired) electrons. The predicted octanol–water partition coefficient (Wildman–Crippen LogP) is 3.49. The molecule has 1 N–H and O–H groups in total. The van der Waals surface area contributed by atoms with Gasteiger partial charge in [0.25, 0.3) is 0 Å². The molecule has 1 aromatic rings. The average Bonchev–Trinajstić information content (AvgIpc) is 3.04. The van der Waals surface area contributed by atoms with E-state index in [1.807, 2.05) is 12.1 Å². The average molecular weight is 317 g/mol. The molecule has 0 amide bonds. The molecule has 1 atom stereocenters. The number of esters is 1. The van der Waals surface area contributed by atoms with Gasteiger partial charge in [0.1, 0.15) is 18.4 Å². The first kappa shape index (κ1) is 17.7. The highest BCUT2D eigenvalue weighted by molar-refractivity contribution is 5.76. The van der Waals surface area contributed by atoms with E-state index in [1.165, 1.54) is 0 Å². The van der Waals surface area contributed by atoms with E-state index in [9.17, 15) is 9.59 Å². The monoisotopic (exact) mass is 317 g/mol. The van der Waals surface area contributed by atoms with Crippen molar-refractivity contribution in [3.05, 3.63) is 35.4 Å². The molecule has 4 nitrogen and oxygen atoms in total. The molecule has 1 saturated carbocycles. The van der Waals surface area contributed by atoms with Gasteiger partial charge in [-0.2, -0.15) is 0 Å². The van der Waals surface area contributed by atoms with Crippen molar-refractivity contribution < 1.29 is 14.3 Å². The SMILES string of the molecule is CC(C)C[C@@H](NCc1ccc(C=O)cc1)C(=O)OC1CCCC1. The molecule has 126 valence electrons. The Morgan fingerprint density at radius 2 is 1.91 bits per heavy atom. The first-order chi connectivity index (χ1) is 11.1. The molecule has 0 aliphatic heterocycles.